The summed E-state index contributed by atoms with van der Waals surface area (Å²) in [6.45, 7) is 14.4. The Balaban J connectivity index is 5.33. The minimum atomic E-state index is -1.07. The molecule has 26 heavy (non-hydrogen) atoms. The van der Waals surface area contributed by atoms with Gasteiger partial charge in [-0.05, 0) is 48.0 Å². The Morgan fingerprint density at radius 3 is 1.54 bits per heavy atom. The Bertz CT molecular complexity index is 309. The SMILES string of the molecule is CCCCCCCCC(C(S)CS)C(OC(C)C)(OC(C)C)OC(C)C. The first-order valence-electron chi connectivity index (χ1n) is 10.5. The quantitative estimate of drug-likeness (QED) is 0.173. The minimum Gasteiger partial charge on any atom is -0.324 e. The van der Waals surface area contributed by atoms with E-state index in [1.807, 2.05) is 41.5 Å². The summed E-state index contributed by atoms with van der Waals surface area (Å²) in [6.07, 6.45) is 8.52. The molecule has 0 aromatic carbocycles. The summed E-state index contributed by atoms with van der Waals surface area (Å²) < 4.78 is 18.9. The molecule has 0 aromatic rings. The van der Waals surface area contributed by atoms with Crippen molar-refractivity contribution in [1.29, 1.82) is 0 Å². The molecule has 0 heterocycles. The van der Waals surface area contributed by atoms with Crippen LogP contribution in [-0.4, -0.2) is 35.3 Å². The molecule has 2 unspecified atom stereocenters. The smallest absolute Gasteiger partial charge is 0.287 e. The van der Waals surface area contributed by atoms with Crippen molar-refractivity contribution in [2.45, 2.75) is 123 Å². The van der Waals surface area contributed by atoms with Gasteiger partial charge in [0.05, 0.1) is 24.2 Å². The molecule has 0 bridgehead atoms. The van der Waals surface area contributed by atoms with Crippen LogP contribution in [-0.2, 0) is 14.2 Å². The lowest BCUT2D eigenvalue weighted by atomic mass is 9.94. The molecule has 5 heteroatoms. The van der Waals surface area contributed by atoms with Crippen molar-refractivity contribution >= 4 is 25.3 Å². The van der Waals surface area contributed by atoms with Crippen LogP contribution in [0.25, 0.3) is 0 Å². The van der Waals surface area contributed by atoms with Gasteiger partial charge in [0.25, 0.3) is 5.97 Å². The van der Waals surface area contributed by atoms with E-state index in [1.165, 1.54) is 32.1 Å². The predicted molar refractivity (Wildman–Crippen MR) is 120 cm³/mol. The van der Waals surface area contributed by atoms with Crippen molar-refractivity contribution in [3.05, 3.63) is 0 Å². The molecule has 0 N–H and O–H groups in total. The van der Waals surface area contributed by atoms with Gasteiger partial charge < -0.3 is 14.2 Å². The Labute approximate surface area is 174 Å². The fourth-order valence-electron chi connectivity index (χ4n) is 3.21. The Morgan fingerprint density at radius 1 is 0.731 bits per heavy atom. The van der Waals surface area contributed by atoms with Gasteiger partial charge in [0, 0.05) is 11.0 Å². The average Bonchev–Trinajstić information content (AvgIpc) is 2.51. The highest BCUT2D eigenvalue weighted by Crippen LogP contribution is 2.38. The van der Waals surface area contributed by atoms with Crippen LogP contribution in [0.15, 0.2) is 0 Å². The molecule has 0 aliphatic heterocycles. The fourth-order valence-corrected chi connectivity index (χ4v) is 3.79. The van der Waals surface area contributed by atoms with Crippen molar-refractivity contribution in [1.82, 2.24) is 0 Å². The lowest BCUT2D eigenvalue weighted by Gasteiger charge is -2.44. The zero-order chi connectivity index (χ0) is 20.2. The van der Waals surface area contributed by atoms with E-state index in [2.05, 4.69) is 19.6 Å². The Kier molecular flexibility index (Phi) is 14.9. The second-order valence-corrected chi connectivity index (χ2v) is 9.04. The highest BCUT2D eigenvalue weighted by atomic mass is 32.1. The Hall–Kier alpha value is 0.580. The number of hydrogen-bond donors (Lipinski definition) is 2. The van der Waals surface area contributed by atoms with E-state index >= 15 is 0 Å². The first kappa shape index (κ1) is 26.6. The molecule has 0 aliphatic carbocycles. The summed E-state index contributed by atoms with van der Waals surface area (Å²) in [5.74, 6) is -0.383. The lowest BCUT2D eigenvalue weighted by molar-refractivity contribution is -0.432. The van der Waals surface area contributed by atoms with Crippen molar-refractivity contribution < 1.29 is 14.2 Å². The number of thiol groups is 2. The third-order valence-electron chi connectivity index (χ3n) is 4.17. The second kappa shape index (κ2) is 14.6. The van der Waals surface area contributed by atoms with Crippen LogP contribution >= 0.6 is 25.3 Å². The van der Waals surface area contributed by atoms with E-state index in [0.717, 1.165) is 12.8 Å². The molecule has 0 fully saturated rings. The number of rotatable bonds is 16. The average molecular weight is 409 g/mol. The molecule has 0 saturated heterocycles. The normalized spacial score (nSPS) is 15.2. The predicted octanol–water partition coefficient (Wildman–Crippen LogP) is 6.51. The van der Waals surface area contributed by atoms with E-state index in [0.29, 0.717) is 5.75 Å². The summed E-state index contributed by atoms with van der Waals surface area (Å²) >= 11 is 9.33. The largest absolute Gasteiger partial charge is 0.324 e. The number of hydrogen-bond acceptors (Lipinski definition) is 5. The highest BCUT2D eigenvalue weighted by molar-refractivity contribution is 7.84. The van der Waals surface area contributed by atoms with Crippen molar-refractivity contribution in [3.8, 4) is 0 Å². The van der Waals surface area contributed by atoms with E-state index in [4.69, 9.17) is 26.8 Å². The second-order valence-electron chi connectivity index (χ2n) is 8.02. The summed E-state index contributed by atoms with van der Waals surface area (Å²) in [7, 11) is 0. The molecule has 2 atom stereocenters. The van der Waals surface area contributed by atoms with Crippen LogP contribution in [0, 0.1) is 5.92 Å². The molecule has 0 saturated carbocycles. The first-order chi connectivity index (χ1) is 12.2. The first-order valence-corrected chi connectivity index (χ1v) is 11.7. The van der Waals surface area contributed by atoms with E-state index in [-0.39, 0.29) is 29.5 Å². The monoisotopic (exact) mass is 408 g/mol. The molecule has 0 rings (SSSR count). The molecule has 3 nitrogen and oxygen atoms in total. The van der Waals surface area contributed by atoms with Gasteiger partial charge in [0.1, 0.15) is 0 Å². The standard InChI is InChI=1S/C21H44O3S2/c1-8-9-10-11-12-13-14-19(20(26)15-25)21(22-16(2)3,23-17(4)5)24-18(6)7/h16-20,25-26H,8-15H2,1-7H3. The van der Waals surface area contributed by atoms with Gasteiger partial charge in [-0.15, -0.1) is 0 Å². The topological polar surface area (TPSA) is 27.7 Å². The lowest BCUT2D eigenvalue weighted by Crippen LogP contribution is -2.53. The van der Waals surface area contributed by atoms with E-state index in [9.17, 15) is 0 Å². The molecular weight excluding hydrogens is 364 g/mol. The third kappa shape index (κ3) is 10.8. The minimum absolute atomic E-state index is 0.00000452. The molecule has 0 aliphatic rings. The van der Waals surface area contributed by atoms with Crippen LogP contribution in [0.4, 0.5) is 0 Å². The maximum Gasteiger partial charge on any atom is 0.287 e. The molecule has 158 valence electrons. The van der Waals surface area contributed by atoms with Gasteiger partial charge >= 0.3 is 0 Å². The van der Waals surface area contributed by atoms with Crippen LogP contribution in [0.5, 0.6) is 0 Å². The summed E-state index contributed by atoms with van der Waals surface area (Å²) in [4.78, 5) is 0. The van der Waals surface area contributed by atoms with Crippen LogP contribution in [0.2, 0.25) is 0 Å². The van der Waals surface area contributed by atoms with Crippen molar-refractivity contribution in [2.75, 3.05) is 5.75 Å². The zero-order valence-corrected chi connectivity index (χ0v) is 20.0. The molecule has 0 aromatic heterocycles. The van der Waals surface area contributed by atoms with Gasteiger partial charge in [-0.1, -0.05) is 45.4 Å². The summed E-state index contributed by atoms with van der Waals surface area (Å²) in [5.41, 5.74) is 0. The number of ether oxygens (including phenoxy) is 3. The summed E-state index contributed by atoms with van der Waals surface area (Å²) in [6, 6.07) is 0. The van der Waals surface area contributed by atoms with Gasteiger partial charge in [-0.2, -0.15) is 25.3 Å². The zero-order valence-electron chi connectivity index (χ0n) is 18.2. The van der Waals surface area contributed by atoms with Crippen LogP contribution in [0.3, 0.4) is 0 Å². The molecule has 0 spiro atoms. The Morgan fingerprint density at radius 2 is 1.15 bits per heavy atom. The maximum absolute atomic E-state index is 6.31. The van der Waals surface area contributed by atoms with Gasteiger partial charge in [0.15, 0.2) is 0 Å². The van der Waals surface area contributed by atoms with Crippen LogP contribution < -0.4 is 0 Å². The third-order valence-corrected chi connectivity index (χ3v) is 5.40. The van der Waals surface area contributed by atoms with E-state index < -0.39 is 5.97 Å². The van der Waals surface area contributed by atoms with Crippen LogP contribution in [0.1, 0.15) is 93.4 Å². The van der Waals surface area contributed by atoms with E-state index in [1.54, 1.807) is 0 Å². The fraction of sp³-hybridized carbons (Fsp3) is 1.00. The molecule has 0 radical (unpaired) electrons. The maximum atomic E-state index is 6.31. The van der Waals surface area contributed by atoms with Gasteiger partial charge in [-0.3, -0.25) is 0 Å². The number of unbranched alkanes of at least 4 members (excludes halogenated alkanes) is 5. The van der Waals surface area contributed by atoms with Gasteiger partial charge in [0.2, 0.25) is 0 Å². The molecular formula is C21H44O3S2. The molecule has 0 amide bonds. The van der Waals surface area contributed by atoms with Crippen molar-refractivity contribution in [2.24, 2.45) is 5.92 Å². The highest BCUT2D eigenvalue weighted by Gasteiger charge is 2.47. The van der Waals surface area contributed by atoms with Crippen molar-refractivity contribution in [3.63, 3.8) is 0 Å². The summed E-state index contributed by atoms with van der Waals surface area (Å²) in [5, 5.41) is 0.0465. The van der Waals surface area contributed by atoms with Gasteiger partial charge in [-0.25, -0.2) is 0 Å².